The predicted octanol–water partition coefficient (Wildman–Crippen LogP) is 5.84. The van der Waals surface area contributed by atoms with E-state index in [4.69, 9.17) is 4.74 Å². The number of benzene rings is 1. The van der Waals surface area contributed by atoms with Crippen LogP contribution in [0.5, 0.6) is 5.75 Å². The second-order valence-corrected chi connectivity index (χ2v) is 9.18. The number of aromatic nitrogens is 3. The molecule has 160 valence electrons. The Labute approximate surface area is 189 Å². The minimum absolute atomic E-state index is 0.162. The van der Waals surface area contributed by atoms with E-state index >= 15 is 0 Å². The van der Waals surface area contributed by atoms with E-state index < -0.39 is 0 Å². The van der Waals surface area contributed by atoms with E-state index in [1.165, 1.54) is 33.8 Å². The van der Waals surface area contributed by atoms with Crippen molar-refractivity contribution in [3.63, 3.8) is 0 Å². The van der Waals surface area contributed by atoms with Crippen LogP contribution < -0.4 is 10.1 Å². The van der Waals surface area contributed by atoms with Crippen LogP contribution in [0.4, 0.5) is 5.13 Å². The van der Waals surface area contributed by atoms with Crippen molar-refractivity contribution in [2.24, 2.45) is 0 Å². The summed E-state index contributed by atoms with van der Waals surface area (Å²) in [5.41, 5.74) is 6.04. The zero-order chi connectivity index (χ0) is 22.0. The summed E-state index contributed by atoms with van der Waals surface area (Å²) in [6.45, 7) is 9.34. The maximum atomic E-state index is 12.7. The second kappa shape index (κ2) is 9.03. The van der Waals surface area contributed by atoms with Crippen molar-refractivity contribution >= 4 is 33.7 Å². The third-order valence-electron chi connectivity index (χ3n) is 4.75. The Morgan fingerprint density at radius 3 is 2.58 bits per heavy atom. The summed E-state index contributed by atoms with van der Waals surface area (Å²) < 4.78 is 7.78. The van der Waals surface area contributed by atoms with Crippen molar-refractivity contribution in [2.75, 3.05) is 5.32 Å². The first-order valence-corrected chi connectivity index (χ1v) is 11.8. The molecule has 4 aromatic rings. The molecule has 0 unspecified atom stereocenters. The number of thiazole rings is 1. The zero-order valence-corrected chi connectivity index (χ0v) is 19.6. The number of ether oxygens (including phenoxy) is 1. The van der Waals surface area contributed by atoms with Gasteiger partial charge in [0.25, 0.3) is 5.91 Å². The van der Waals surface area contributed by atoms with Gasteiger partial charge in [-0.25, -0.2) is 4.98 Å². The lowest BCUT2D eigenvalue weighted by Crippen LogP contribution is -2.09. The van der Waals surface area contributed by atoms with E-state index in [0.717, 1.165) is 34.8 Å². The maximum absolute atomic E-state index is 12.7. The van der Waals surface area contributed by atoms with Gasteiger partial charge in [-0.2, -0.15) is 5.10 Å². The number of carbonyl (C=O) groups excluding carboxylic acids is 1. The number of rotatable bonds is 7. The van der Waals surface area contributed by atoms with Gasteiger partial charge in [0.15, 0.2) is 5.13 Å². The van der Waals surface area contributed by atoms with Gasteiger partial charge in [-0.1, -0.05) is 6.07 Å². The minimum atomic E-state index is -0.162. The van der Waals surface area contributed by atoms with Gasteiger partial charge in [0.2, 0.25) is 0 Å². The number of aryl methyl sites for hydroxylation is 4. The van der Waals surface area contributed by atoms with Gasteiger partial charge < -0.3 is 4.74 Å². The van der Waals surface area contributed by atoms with Gasteiger partial charge in [-0.05, 0) is 62.4 Å². The number of amides is 1. The van der Waals surface area contributed by atoms with Crippen molar-refractivity contribution in [1.29, 1.82) is 0 Å². The molecule has 0 radical (unpaired) electrons. The Morgan fingerprint density at radius 2 is 1.87 bits per heavy atom. The molecule has 6 nitrogen and oxygen atoms in total. The number of carbonyl (C=O) groups is 1. The van der Waals surface area contributed by atoms with E-state index in [1.807, 2.05) is 67.5 Å². The standard InChI is InChI=1S/C23H24N4O2S2/c1-5-27-10-19(16(4)26-27)20-13-31-23(24-20)25-22(28)21-9-17(12-30-21)11-29-18-7-14(2)6-15(3)8-18/h6-10,12-13H,5,11H2,1-4H3,(H,24,25,28). The molecule has 4 rings (SSSR count). The Kier molecular flexibility index (Phi) is 6.20. The highest BCUT2D eigenvalue weighted by molar-refractivity contribution is 7.14. The van der Waals surface area contributed by atoms with Crippen LogP contribution in [0.2, 0.25) is 0 Å². The predicted molar refractivity (Wildman–Crippen MR) is 126 cm³/mol. The van der Waals surface area contributed by atoms with Crippen molar-refractivity contribution < 1.29 is 9.53 Å². The molecule has 0 bridgehead atoms. The topological polar surface area (TPSA) is 69.0 Å². The van der Waals surface area contributed by atoms with Crippen molar-refractivity contribution in [3.8, 4) is 17.0 Å². The van der Waals surface area contributed by atoms with Crippen LogP contribution in [0, 0.1) is 20.8 Å². The molecule has 3 heterocycles. The number of hydrogen-bond donors (Lipinski definition) is 1. The number of nitrogens with zero attached hydrogens (tertiary/aromatic N) is 3. The molecule has 0 saturated carbocycles. The van der Waals surface area contributed by atoms with Crippen LogP contribution in [0.25, 0.3) is 11.3 Å². The highest BCUT2D eigenvalue weighted by atomic mass is 32.1. The van der Waals surface area contributed by atoms with Gasteiger partial charge in [-0.3, -0.25) is 14.8 Å². The summed E-state index contributed by atoms with van der Waals surface area (Å²) in [4.78, 5) is 17.9. The van der Waals surface area contributed by atoms with Crippen molar-refractivity contribution in [3.05, 3.63) is 68.5 Å². The van der Waals surface area contributed by atoms with Crippen molar-refractivity contribution in [2.45, 2.75) is 40.8 Å². The monoisotopic (exact) mass is 452 g/mol. The molecule has 0 fully saturated rings. The van der Waals surface area contributed by atoms with Crippen LogP contribution in [-0.2, 0) is 13.2 Å². The first-order chi connectivity index (χ1) is 14.9. The quantitative estimate of drug-likeness (QED) is 0.382. The number of hydrogen-bond acceptors (Lipinski definition) is 6. The number of nitrogens with one attached hydrogen (secondary N) is 1. The maximum Gasteiger partial charge on any atom is 0.267 e. The van der Waals surface area contributed by atoms with E-state index in [0.29, 0.717) is 16.6 Å². The zero-order valence-electron chi connectivity index (χ0n) is 17.9. The van der Waals surface area contributed by atoms with E-state index in [-0.39, 0.29) is 5.91 Å². The summed E-state index contributed by atoms with van der Waals surface area (Å²) in [7, 11) is 0. The van der Waals surface area contributed by atoms with Gasteiger partial charge in [-0.15, -0.1) is 22.7 Å². The highest BCUT2D eigenvalue weighted by Gasteiger charge is 2.15. The van der Waals surface area contributed by atoms with Crippen LogP contribution in [0.15, 0.2) is 41.2 Å². The second-order valence-electron chi connectivity index (χ2n) is 7.41. The first-order valence-electron chi connectivity index (χ1n) is 10.0. The van der Waals surface area contributed by atoms with Crippen molar-refractivity contribution in [1.82, 2.24) is 14.8 Å². The van der Waals surface area contributed by atoms with E-state index in [9.17, 15) is 4.79 Å². The third kappa shape index (κ3) is 5.03. The largest absolute Gasteiger partial charge is 0.489 e. The summed E-state index contributed by atoms with van der Waals surface area (Å²) in [6, 6.07) is 8.01. The molecule has 0 aliphatic heterocycles. The SMILES string of the molecule is CCn1cc(-c2csc(NC(=O)c3cc(COc4cc(C)cc(C)c4)cs3)n2)c(C)n1. The van der Waals surface area contributed by atoms with Gasteiger partial charge >= 0.3 is 0 Å². The third-order valence-corrected chi connectivity index (χ3v) is 6.48. The highest BCUT2D eigenvalue weighted by Crippen LogP contribution is 2.28. The molecule has 0 atom stereocenters. The Morgan fingerprint density at radius 1 is 1.10 bits per heavy atom. The molecule has 0 aliphatic carbocycles. The molecule has 0 spiro atoms. The molecule has 31 heavy (non-hydrogen) atoms. The molecular weight excluding hydrogens is 428 g/mol. The first kappa shape index (κ1) is 21.3. The molecule has 1 amide bonds. The summed E-state index contributed by atoms with van der Waals surface area (Å²) in [5.74, 6) is 0.677. The summed E-state index contributed by atoms with van der Waals surface area (Å²) in [5, 5.41) is 11.8. The fourth-order valence-electron chi connectivity index (χ4n) is 3.30. The normalized spacial score (nSPS) is 11.0. The van der Waals surface area contributed by atoms with Crippen LogP contribution in [-0.4, -0.2) is 20.7 Å². The lowest BCUT2D eigenvalue weighted by Gasteiger charge is -2.07. The van der Waals surface area contributed by atoms with Gasteiger partial charge in [0.05, 0.1) is 16.3 Å². The average molecular weight is 453 g/mol. The Hall–Kier alpha value is -2.97. The fourth-order valence-corrected chi connectivity index (χ4v) is 4.80. The van der Waals surface area contributed by atoms with Crippen LogP contribution in [0.1, 0.15) is 39.0 Å². The van der Waals surface area contributed by atoms with E-state index in [2.05, 4.69) is 21.5 Å². The molecule has 1 N–H and O–H groups in total. The number of anilines is 1. The molecule has 0 saturated heterocycles. The minimum Gasteiger partial charge on any atom is -0.489 e. The lowest BCUT2D eigenvalue weighted by molar-refractivity contribution is 0.103. The van der Waals surface area contributed by atoms with Gasteiger partial charge in [0, 0.05) is 29.2 Å². The smallest absolute Gasteiger partial charge is 0.267 e. The summed E-state index contributed by atoms with van der Waals surface area (Å²) >= 11 is 2.81. The average Bonchev–Trinajstić information content (AvgIpc) is 3.45. The molecule has 0 aliphatic rings. The number of thiophene rings is 1. The van der Waals surface area contributed by atoms with Crippen LogP contribution >= 0.6 is 22.7 Å². The molecule has 8 heteroatoms. The van der Waals surface area contributed by atoms with Crippen LogP contribution in [0.3, 0.4) is 0 Å². The molecule has 1 aromatic carbocycles. The summed E-state index contributed by atoms with van der Waals surface area (Å²) in [6.07, 6.45) is 1.98. The Bertz CT molecular complexity index is 1200. The Balaban J connectivity index is 1.39. The van der Waals surface area contributed by atoms with E-state index in [1.54, 1.807) is 0 Å². The fraction of sp³-hybridized carbons (Fsp3) is 0.261. The van der Waals surface area contributed by atoms with Gasteiger partial charge in [0.1, 0.15) is 12.4 Å². The molecule has 3 aromatic heterocycles. The lowest BCUT2D eigenvalue weighted by atomic mass is 10.1. The molecular formula is C23H24N4O2S2.